The molecule has 368 valence electrons. The largest absolute Gasteiger partial charge is 0.465 e. The van der Waals surface area contributed by atoms with E-state index in [1.54, 1.807) is 0 Å². The quantitative estimate of drug-likeness (QED) is 0.0121. The lowest BCUT2D eigenvalue weighted by molar-refractivity contribution is -0.171. The Balaban J connectivity index is -0.000000950. The Bertz CT molecular complexity index is 1110. The van der Waals surface area contributed by atoms with Crippen LogP contribution in [0.25, 0.3) is 0 Å². The molecule has 0 atom stereocenters. The van der Waals surface area contributed by atoms with Gasteiger partial charge in [0.1, 0.15) is 51.7 Å². The number of rotatable bonds is 36. The lowest BCUT2D eigenvalue weighted by Crippen LogP contribution is -2.44. The maximum Gasteiger partial charge on any atom is 0.306 e. The third-order valence-corrected chi connectivity index (χ3v) is 9.65. The molecule has 0 saturated heterocycles. The van der Waals surface area contributed by atoms with Crippen molar-refractivity contribution in [3.05, 3.63) is 12.7 Å². The van der Waals surface area contributed by atoms with Gasteiger partial charge in [-0.05, 0) is 12.8 Å². The highest BCUT2D eigenvalue weighted by atomic mass is 32.1. The molecule has 15 nitrogen and oxygen atoms in total. The smallest absolute Gasteiger partial charge is 0.306 e. The van der Waals surface area contributed by atoms with Crippen molar-refractivity contribution in [2.75, 3.05) is 93.1 Å². The van der Waals surface area contributed by atoms with E-state index in [0.717, 1.165) is 0 Å². The van der Waals surface area contributed by atoms with Gasteiger partial charge in [-0.2, -0.15) is 88.4 Å². The average molecular weight is 1030 g/mol. The summed E-state index contributed by atoms with van der Waals surface area (Å²) in [6.45, 7) is 3.57. The van der Waals surface area contributed by atoms with Gasteiger partial charge in [0.05, 0.1) is 57.0 Å². The van der Waals surface area contributed by atoms with E-state index in [-0.39, 0.29) is 114 Å². The van der Waals surface area contributed by atoms with E-state index in [1.165, 1.54) is 44.9 Å². The second kappa shape index (κ2) is 45.6. The molecule has 0 rings (SSSR count). The van der Waals surface area contributed by atoms with Crippen LogP contribution >= 0.6 is 88.4 Å². The number of carbonyl (C=O) groups is 7. The fourth-order valence-corrected chi connectivity index (χ4v) is 5.64. The van der Waals surface area contributed by atoms with Crippen LogP contribution in [0.15, 0.2) is 12.7 Å². The second-order valence-electron chi connectivity index (χ2n) is 13.9. The molecule has 0 fully saturated rings. The molecule has 0 aromatic rings. The number of esters is 7. The van der Waals surface area contributed by atoms with Gasteiger partial charge in [-0.3, -0.25) is 33.6 Å². The molecule has 1 N–H and O–H groups in total. The van der Waals surface area contributed by atoms with Gasteiger partial charge in [-0.25, -0.2) is 0 Å². The zero-order chi connectivity index (χ0) is 48.2. The SMILES string of the molecule is C=CCCCCCCCC.O=C(CCS)OCC(CO)(COC(=O)CCS)COC(=O)CCS.O=C(CCS)OCC(COC(=O)CCS)(COC(=O)CCS)COC(=O)CCS. The summed E-state index contributed by atoms with van der Waals surface area (Å²) in [4.78, 5) is 81.6. The maximum absolute atomic E-state index is 11.8. The lowest BCUT2D eigenvalue weighted by atomic mass is 9.92. The zero-order valence-electron chi connectivity index (χ0n) is 36.6. The highest BCUT2D eigenvalue weighted by molar-refractivity contribution is 7.81. The van der Waals surface area contributed by atoms with E-state index < -0.39 is 59.2 Å². The van der Waals surface area contributed by atoms with Crippen LogP contribution in [0.4, 0.5) is 0 Å². The van der Waals surface area contributed by atoms with Gasteiger partial charge >= 0.3 is 41.8 Å². The highest BCUT2D eigenvalue weighted by Gasteiger charge is 2.38. The van der Waals surface area contributed by atoms with E-state index in [9.17, 15) is 38.7 Å². The molecule has 0 radical (unpaired) electrons. The van der Waals surface area contributed by atoms with Gasteiger partial charge in [0.15, 0.2) is 0 Å². The number of hydrogen-bond acceptors (Lipinski definition) is 22. The molecule has 0 spiro atoms. The normalized spacial score (nSPS) is 10.7. The molecule has 0 bridgehead atoms. The van der Waals surface area contributed by atoms with Crippen molar-refractivity contribution in [2.24, 2.45) is 10.8 Å². The number of aliphatic hydroxyl groups is 1. The Morgan fingerprint density at radius 1 is 0.413 bits per heavy atom. The number of aliphatic hydroxyl groups excluding tert-OH is 1. The Hall–Kier alpha value is -1.56. The minimum Gasteiger partial charge on any atom is -0.465 e. The number of hydrogen-bond donors (Lipinski definition) is 8. The molecule has 22 heteroatoms. The van der Waals surface area contributed by atoms with Gasteiger partial charge < -0.3 is 38.3 Å². The number of allylic oxidation sites excluding steroid dienone is 1. The van der Waals surface area contributed by atoms with Crippen molar-refractivity contribution in [1.29, 1.82) is 0 Å². The monoisotopic (exact) mass is 1030 g/mol. The predicted octanol–water partition coefficient (Wildman–Crippen LogP) is 5.90. The maximum atomic E-state index is 11.8. The first-order valence-corrected chi connectivity index (χ1v) is 25.2. The minimum atomic E-state index is -1.25. The number of unbranched alkanes of at least 4 members (excludes halogenated alkanes) is 6. The first-order chi connectivity index (χ1) is 30.2. The molecule has 0 unspecified atom stereocenters. The molecular weight excluding hydrogens is 957 g/mol. The first-order valence-electron chi connectivity index (χ1n) is 20.7. The van der Waals surface area contributed by atoms with Crippen LogP contribution in [0.2, 0.25) is 0 Å². The number of thiol groups is 7. The molecule has 0 aliphatic carbocycles. The van der Waals surface area contributed by atoms with Gasteiger partial charge in [0.2, 0.25) is 0 Å². The van der Waals surface area contributed by atoms with Crippen molar-refractivity contribution in [3.8, 4) is 0 Å². The summed E-state index contributed by atoms with van der Waals surface area (Å²) < 4.78 is 36.1. The van der Waals surface area contributed by atoms with E-state index in [2.05, 4.69) is 102 Å². The highest BCUT2D eigenvalue weighted by Crippen LogP contribution is 2.23. The summed E-state index contributed by atoms with van der Waals surface area (Å²) in [5.41, 5.74) is -2.47. The summed E-state index contributed by atoms with van der Waals surface area (Å²) in [7, 11) is 0. The predicted molar refractivity (Wildman–Crippen MR) is 266 cm³/mol. The van der Waals surface area contributed by atoms with Crippen LogP contribution < -0.4 is 0 Å². The Kier molecular flexibility index (Phi) is 47.6. The molecule has 0 aliphatic rings. The summed E-state index contributed by atoms with van der Waals surface area (Å²) in [5, 5.41) is 9.69. The van der Waals surface area contributed by atoms with Gasteiger partial charge in [-0.15, -0.1) is 6.58 Å². The second-order valence-corrected chi connectivity index (χ2v) is 17.1. The van der Waals surface area contributed by atoms with Crippen molar-refractivity contribution < 1.29 is 71.8 Å². The standard InChI is InChI=1S/C17H28O8S4.C14H24O7S3.C10H20/c18-13(1-5-26)22-9-17(10-23-14(19)2-6-27,11-24-15(20)3-7-28)12-25-16(21)4-8-29;15-7-14(8-19-11(16)1-4-22,9-20-12(17)2-5-23)10-21-13(18)3-6-24;1-3-5-7-9-10-8-6-4-2/h26-29H,1-12H2;15,22-24H,1-10H2;3H,1,4-10H2,2H3. The molecule has 0 aliphatic heterocycles. The van der Waals surface area contributed by atoms with Crippen molar-refractivity contribution in [3.63, 3.8) is 0 Å². The van der Waals surface area contributed by atoms with E-state index in [0.29, 0.717) is 17.3 Å². The van der Waals surface area contributed by atoms with Gasteiger partial charge in [-0.1, -0.05) is 45.1 Å². The topological polar surface area (TPSA) is 204 Å². The molecule has 0 saturated carbocycles. The van der Waals surface area contributed by atoms with Crippen LogP contribution in [-0.2, 0) is 66.7 Å². The Labute approximate surface area is 412 Å². The molecule has 0 aromatic heterocycles. The molecule has 63 heavy (non-hydrogen) atoms. The van der Waals surface area contributed by atoms with E-state index in [4.69, 9.17) is 33.2 Å². The van der Waals surface area contributed by atoms with Crippen LogP contribution in [-0.4, -0.2) is 140 Å². The van der Waals surface area contributed by atoms with Crippen LogP contribution in [0.5, 0.6) is 0 Å². The molecular formula is C41H72O15S7. The van der Waals surface area contributed by atoms with Crippen LogP contribution in [0, 0.1) is 10.8 Å². The van der Waals surface area contributed by atoms with Crippen LogP contribution in [0.3, 0.4) is 0 Å². The summed E-state index contributed by atoms with van der Waals surface area (Å²) >= 11 is 27.7. The number of carbonyl (C=O) groups excluding carboxylic acids is 7. The Morgan fingerprint density at radius 3 is 0.841 bits per heavy atom. The number of ether oxygens (including phenoxy) is 7. The third kappa shape index (κ3) is 40.4. The van der Waals surface area contributed by atoms with E-state index in [1.807, 2.05) is 6.08 Å². The summed E-state index contributed by atoms with van der Waals surface area (Å²) in [6.07, 6.45) is 12.1. The average Bonchev–Trinajstić information content (AvgIpc) is 3.25. The van der Waals surface area contributed by atoms with Crippen molar-refractivity contribution in [2.45, 2.75) is 96.8 Å². The van der Waals surface area contributed by atoms with Crippen molar-refractivity contribution >= 4 is 130 Å². The third-order valence-electron chi connectivity index (χ3n) is 8.08. The Morgan fingerprint density at radius 2 is 0.635 bits per heavy atom. The fourth-order valence-electron chi connectivity index (χ4n) is 4.36. The zero-order valence-corrected chi connectivity index (χ0v) is 42.8. The van der Waals surface area contributed by atoms with E-state index >= 15 is 0 Å². The molecule has 0 aromatic carbocycles. The fraction of sp³-hybridized carbons (Fsp3) is 0.780. The minimum absolute atomic E-state index is 0.0670. The van der Waals surface area contributed by atoms with Gasteiger partial charge in [0.25, 0.3) is 0 Å². The summed E-state index contributed by atoms with van der Waals surface area (Å²) in [6, 6.07) is 0. The van der Waals surface area contributed by atoms with Crippen LogP contribution in [0.1, 0.15) is 96.8 Å². The summed E-state index contributed by atoms with van der Waals surface area (Å²) in [5.74, 6) is -1.55. The molecule has 0 amide bonds. The van der Waals surface area contributed by atoms with Gasteiger partial charge in [0, 0.05) is 40.3 Å². The lowest BCUT2D eigenvalue weighted by Gasteiger charge is -2.31. The molecule has 0 heterocycles. The van der Waals surface area contributed by atoms with Crippen molar-refractivity contribution in [1.82, 2.24) is 0 Å². The first kappa shape index (κ1) is 65.7.